The summed E-state index contributed by atoms with van der Waals surface area (Å²) in [5.74, 6) is -0.365. The van der Waals surface area contributed by atoms with Gasteiger partial charge in [-0.15, -0.1) is 0 Å². The zero-order valence-corrected chi connectivity index (χ0v) is 13.1. The summed E-state index contributed by atoms with van der Waals surface area (Å²) in [6.07, 6.45) is 1.19. The quantitative estimate of drug-likeness (QED) is 0.835. The molecule has 0 aliphatic heterocycles. The Morgan fingerprint density at radius 1 is 1.15 bits per heavy atom. The molecular formula is C14H22FNO3S. The van der Waals surface area contributed by atoms with Crippen LogP contribution in [-0.2, 0) is 15.4 Å². The van der Waals surface area contributed by atoms with E-state index in [2.05, 4.69) is 5.32 Å². The van der Waals surface area contributed by atoms with Crippen molar-refractivity contribution in [3.05, 3.63) is 35.6 Å². The van der Waals surface area contributed by atoms with Gasteiger partial charge in [-0.25, -0.2) is 12.8 Å². The number of aliphatic hydroxyl groups is 1. The lowest BCUT2D eigenvalue weighted by Gasteiger charge is -2.28. The van der Waals surface area contributed by atoms with E-state index in [0.717, 1.165) is 0 Å². The molecule has 0 radical (unpaired) electrons. The third-order valence-electron chi connectivity index (χ3n) is 3.49. The molecule has 1 unspecified atom stereocenters. The second-order valence-electron chi connectivity index (χ2n) is 5.92. The van der Waals surface area contributed by atoms with E-state index < -0.39 is 20.2 Å². The minimum absolute atomic E-state index is 0.178. The minimum Gasteiger partial charge on any atom is -0.384 e. The molecule has 1 rings (SSSR count). The Morgan fingerprint density at radius 2 is 1.65 bits per heavy atom. The van der Waals surface area contributed by atoms with Crippen molar-refractivity contribution >= 4 is 9.84 Å². The second-order valence-corrected chi connectivity index (χ2v) is 8.57. The molecule has 0 saturated carbocycles. The third-order valence-corrected chi connectivity index (χ3v) is 5.64. The summed E-state index contributed by atoms with van der Waals surface area (Å²) in [5.41, 5.74) is -0.620. The van der Waals surface area contributed by atoms with E-state index in [0.29, 0.717) is 5.56 Å². The van der Waals surface area contributed by atoms with Crippen molar-refractivity contribution in [3.8, 4) is 0 Å². The molecule has 0 aliphatic rings. The highest BCUT2D eigenvalue weighted by atomic mass is 32.2. The fourth-order valence-electron chi connectivity index (χ4n) is 1.65. The molecule has 1 aromatic rings. The summed E-state index contributed by atoms with van der Waals surface area (Å²) < 4.78 is 35.1. The van der Waals surface area contributed by atoms with E-state index in [9.17, 15) is 17.9 Å². The Bertz CT molecular complexity index is 550. The van der Waals surface area contributed by atoms with E-state index in [4.69, 9.17) is 0 Å². The Kier molecular flexibility index (Phi) is 4.94. The molecule has 20 heavy (non-hydrogen) atoms. The van der Waals surface area contributed by atoms with Crippen molar-refractivity contribution < 1.29 is 17.9 Å². The number of hydrogen-bond donors (Lipinski definition) is 2. The van der Waals surface area contributed by atoms with Gasteiger partial charge in [-0.3, -0.25) is 0 Å². The van der Waals surface area contributed by atoms with Crippen LogP contribution in [0, 0.1) is 5.82 Å². The molecule has 2 N–H and O–H groups in total. The van der Waals surface area contributed by atoms with Crippen LogP contribution in [0.4, 0.5) is 4.39 Å². The van der Waals surface area contributed by atoms with Crippen LogP contribution in [0.1, 0.15) is 26.3 Å². The fraction of sp³-hybridized carbons (Fsp3) is 0.571. The van der Waals surface area contributed by atoms with Gasteiger partial charge in [0.05, 0.1) is 10.3 Å². The highest BCUT2D eigenvalue weighted by Crippen LogP contribution is 2.20. The summed E-state index contributed by atoms with van der Waals surface area (Å²) >= 11 is 0. The number of sulfone groups is 1. The van der Waals surface area contributed by atoms with Gasteiger partial charge >= 0.3 is 0 Å². The van der Waals surface area contributed by atoms with E-state index in [1.54, 1.807) is 20.8 Å². The summed E-state index contributed by atoms with van der Waals surface area (Å²) in [5, 5.41) is 13.3. The molecular weight excluding hydrogens is 281 g/mol. The number of rotatable bonds is 6. The zero-order valence-electron chi connectivity index (χ0n) is 12.3. The maximum absolute atomic E-state index is 12.9. The minimum atomic E-state index is -3.18. The van der Waals surface area contributed by atoms with Crippen molar-refractivity contribution in [2.75, 3.05) is 19.3 Å². The van der Waals surface area contributed by atoms with Crippen molar-refractivity contribution in [2.45, 2.75) is 31.1 Å². The Balaban J connectivity index is 2.67. The molecule has 4 nitrogen and oxygen atoms in total. The van der Waals surface area contributed by atoms with Gasteiger partial charge in [-0.2, -0.15) is 0 Å². The van der Waals surface area contributed by atoms with Crippen LogP contribution in [0.15, 0.2) is 24.3 Å². The molecule has 6 heteroatoms. The normalized spacial score (nSPS) is 15.9. The molecule has 0 aliphatic carbocycles. The second kappa shape index (κ2) is 5.79. The highest BCUT2D eigenvalue weighted by molar-refractivity contribution is 7.92. The molecule has 0 fully saturated rings. The van der Waals surface area contributed by atoms with Crippen molar-refractivity contribution in [1.82, 2.24) is 5.32 Å². The van der Waals surface area contributed by atoms with Gasteiger partial charge in [0.2, 0.25) is 0 Å². The topological polar surface area (TPSA) is 66.4 Å². The average molecular weight is 303 g/mol. The van der Waals surface area contributed by atoms with Gasteiger partial charge in [0.15, 0.2) is 9.84 Å². The van der Waals surface area contributed by atoms with Crippen LogP contribution >= 0.6 is 0 Å². The number of nitrogens with one attached hydrogen (secondary N) is 1. The standard InChI is InChI=1S/C14H22FNO3S/c1-13(2,20(4,18)19)9-16-10-14(3,17)11-5-7-12(15)8-6-11/h5-8,16-17H,9-10H2,1-4H3. The molecule has 0 heterocycles. The maximum Gasteiger partial charge on any atom is 0.153 e. The molecule has 1 aromatic carbocycles. The molecule has 0 saturated heterocycles. The predicted molar refractivity (Wildman–Crippen MR) is 77.8 cm³/mol. The van der Waals surface area contributed by atoms with E-state index in [1.165, 1.54) is 30.5 Å². The van der Waals surface area contributed by atoms with Gasteiger partial charge in [-0.1, -0.05) is 12.1 Å². The predicted octanol–water partition coefficient (Wildman–Crippen LogP) is 1.45. The first-order valence-electron chi connectivity index (χ1n) is 6.34. The number of halogens is 1. The van der Waals surface area contributed by atoms with Crippen molar-refractivity contribution in [1.29, 1.82) is 0 Å². The smallest absolute Gasteiger partial charge is 0.153 e. The molecule has 0 bridgehead atoms. The number of hydrogen-bond acceptors (Lipinski definition) is 4. The van der Waals surface area contributed by atoms with Crippen molar-refractivity contribution in [2.24, 2.45) is 0 Å². The maximum atomic E-state index is 12.9. The van der Waals surface area contributed by atoms with Gasteiger partial charge in [0.25, 0.3) is 0 Å². The molecule has 0 amide bonds. The Hall–Kier alpha value is -0.980. The number of benzene rings is 1. The first kappa shape index (κ1) is 17.1. The first-order chi connectivity index (χ1) is 8.96. The van der Waals surface area contributed by atoms with Crippen LogP contribution < -0.4 is 5.32 Å². The zero-order chi connectivity index (χ0) is 15.6. The van der Waals surface area contributed by atoms with Crippen LogP contribution in [0.2, 0.25) is 0 Å². The Morgan fingerprint density at radius 3 is 2.10 bits per heavy atom. The van der Waals surface area contributed by atoms with E-state index in [-0.39, 0.29) is 18.9 Å². The van der Waals surface area contributed by atoms with Gasteiger partial charge < -0.3 is 10.4 Å². The van der Waals surface area contributed by atoms with Crippen molar-refractivity contribution in [3.63, 3.8) is 0 Å². The van der Waals surface area contributed by atoms with Gasteiger partial charge in [0, 0.05) is 19.3 Å². The van der Waals surface area contributed by atoms with Crippen LogP contribution in [0.3, 0.4) is 0 Å². The molecule has 114 valence electrons. The SMILES string of the molecule is CC(O)(CNCC(C)(C)S(C)(=O)=O)c1ccc(F)cc1. The summed E-state index contributed by atoms with van der Waals surface area (Å²) in [4.78, 5) is 0. The summed E-state index contributed by atoms with van der Waals surface area (Å²) in [7, 11) is -3.18. The fourth-order valence-corrected chi connectivity index (χ4v) is 2.01. The lowest BCUT2D eigenvalue weighted by atomic mass is 9.96. The summed E-state index contributed by atoms with van der Waals surface area (Å²) in [6.45, 7) is 5.26. The van der Waals surface area contributed by atoms with Crippen LogP contribution in [-0.4, -0.2) is 37.6 Å². The first-order valence-corrected chi connectivity index (χ1v) is 8.24. The Labute approximate surface area is 119 Å². The molecule has 0 spiro atoms. The lowest BCUT2D eigenvalue weighted by molar-refractivity contribution is 0.0566. The summed E-state index contributed by atoms with van der Waals surface area (Å²) in [6, 6.07) is 5.59. The monoisotopic (exact) mass is 303 g/mol. The average Bonchev–Trinajstić information content (AvgIpc) is 2.27. The van der Waals surface area contributed by atoms with Crippen LogP contribution in [0.25, 0.3) is 0 Å². The van der Waals surface area contributed by atoms with Crippen LogP contribution in [0.5, 0.6) is 0 Å². The third kappa shape index (κ3) is 4.26. The van der Waals surface area contributed by atoms with Gasteiger partial charge in [0.1, 0.15) is 5.82 Å². The molecule has 0 aromatic heterocycles. The van der Waals surface area contributed by atoms with Gasteiger partial charge in [-0.05, 0) is 38.5 Å². The largest absolute Gasteiger partial charge is 0.384 e. The molecule has 1 atom stereocenters. The lowest BCUT2D eigenvalue weighted by Crippen LogP contribution is -2.45. The highest BCUT2D eigenvalue weighted by Gasteiger charge is 2.31. The van der Waals surface area contributed by atoms with E-state index in [1.807, 2.05) is 0 Å². The van der Waals surface area contributed by atoms with E-state index >= 15 is 0 Å².